The monoisotopic (exact) mass is 184 g/mol. The molecule has 1 N–H and O–H groups in total. The van der Waals surface area contributed by atoms with Gasteiger partial charge >= 0.3 is 0 Å². The number of nitrogens with zero attached hydrogens (tertiary/aromatic N) is 2. The van der Waals surface area contributed by atoms with Gasteiger partial charge in [-0.25, -0.2) is 9.97 Å². The van der Waals surface area contributed by atoms with Gasteiger partial charge in [0.2, 0.25) is 0 Å². The molecule has 0 radical (unpaired) electrons. The third kappa shape index (κ3) is 2.19. The van der Waals surface area contributed by atoms with Gasteiger partial charge in [0.15, 0.2) is 5.82 Å². The normalized spacial score (nSPS) is 10.2. The molecule has 0 saturated carbocycles. The van der Waals surface area contributed by atoms with E-state index in [9.17, 15) is 0 Å². The number of thiol groups is 1. The second-order valence-corrected chi connectivity index (χ2v) is 2.75. The summed E-state index contributed by atoms with van der Waals surface area (Å²) in [6, 6.07) is 1.91. The predicted molar refractivity (Wildman–Crippen MR) is 50.0 cm³/mol. The van der Waals surface area contributed by atoms with Crippen LogP contribution in [0.2, 0.25) is 0 Å². The number of aryl methyl sites for hydroxylation is 1. The SMILES string of the molecule is CCc1cc(CS)nc(CO)n1. The summed E-state index contributed by atoms with van der Waals surface area (Å²) in [6.45, 7) is 1.92. The summed E-state index contributed by atoms with van der Waals surface area (Å²) in [5.41, 5.74) is 1.83. The van der Waals surface area contributed by atoms with Crippen LogP contribution in [0.5, 0.6) is 0 Å². The Morgan fingerprint density at radius 2 is 2.08 bits per heavy atom. The molecule has 0 aliphatic carbocycles. The van der Waals surface area contributed by atoms with Crippen LogP contribution >= 0.6 is 12.6 Å². The summed E-state index contributed by atoms with van der Waals surface area (Å²) in [6.07, 6.45) is 0.857. The third-order valence-corrected chi connectivity index (χ3v) is 1.87. The minimum atomic E-state index is -0.103. The van der Waals surface area contributed by atoms with Gasteiger partial charge < -0.3 is 5.11 Å². The Balaban J connectivity index is 3.01. The van der Waals surface area contributed by atoms with E-state index in [1.165, 1.54) is 0 Å². The van der Waals surface area contributed by atoms with Gasteiger partial charge in [0.25, 0.3) is 0 Å². The Kier molecular flexibility index (Phi) is 3.49. The molecular formula is C8H12N2OS. The first kappa shape index (κ1) is 9.48. The summed E-state index contributed by atoms with van der Waals surface area (Å²) in [4.78, 5) is 8.20. The number of hydrogen-bond acceptors (Lipinski definition) is 4. The van der Waals surface area contributed by atoms with E-state index in [-0.39, 0.29) is 6.61 Å². The van der Waals surface area contributed by atoms with Gasteiger partial charge in [0.05, 0.1) is 5.69 Å². The molecule has 0 unspecified atom stereocenters. The summed E-state index contributed by atoms with van der Waals surface area (Å²) in [5.74, 6) is 1.07. The largest absolute Gasteiger partial charge is 0.388 e. The minimum Gasteiger partial charge on any atom is -0.388 e. The molecule has 1 aromatic rings. The van der Waals surface area contributed by atoms with Crippen molar-refractivity contribution >= 4 is 12.6 Å². The highest BCUT2D eigenvalue weighted by molar-refractivity contribution is 7.79. The maximum absolute atomic E-state index is 8.83. The van der Waals surface area contributed by atoms with E-state index in [1.807, 2.05) is 13.0 Å². The Morgan fingerprint density at radius 3 is 2.58 bits per heavy atom. The Labute approximate surface area is 77.3 Å². The number of rotatable bonds is 3. The topological polar surface area (TPSA) is 46.0 Å². The van der Waals surface area contributed by atoms with Crippen LogP contribution in [-0.4, -0.2) is 15.1 Å². The Bertz CT molecular complexity index is 210. The van der Waals surface area contributed by atoms with Crippen LogP contribution in [0.25, 0.3) is 0 Å². The maximum atomic E-state index is 8.83. The molecule has 0 aliphatic heterocycles. The second-order valence-electron chi connectivity index (χ2n) is 2.44. The summed E-state index contributed by atoms with van der Waals surface area (Å²) in [7, 11) is 0. The van der Waals surface area contributed by atoms with Crippen molar-refractivity contribution in [3.63, 3.8) is 0 Å². The summed E-state index contributed by atoms with van der Waals surface area (Å²) >= 11 is 4.11. The predicted octanol–water partition coefficient (Wildman–Crippen LogP) is 0.961. The number of aliphatic hydroxyl groups is 1. The molecule has 0 aromatic carbocycles. The van der Waals surface area contributed by atoms with Crippen LogP contribution in [0.4, 0.5) is 0 Å². The van der Waals surface area contributed by atoms with Crippen LogP contribution < -0.4 is 0 Å². The highest BCUT2D eigenvalue weighted by Gasteiger charge is 2.00. The van der Waals surface area contributed by atoms with Crippen LogP contribution in [0.1, 0.15) is 24.1 Å². The molecule has 0 atom stereocenters. The van der Waals surface area contributed by atoms with Crippen molar-refractivity contribution in [3.05, 3.63) is 23.3 Å². The molecule has 12 heavy (non-hydrogen) atoms. The van der Waals surface area contributed by atoms with E-state index in [0.717, 1.165) is 17.8 Å². The minimum absolute atomic E-state index is 0.103. The van der Waals surface area contributed by atoms with Crippen LogP contribution in [-0.2, 0) is 18.8 Å². The van der Waals surface area contributed by atoms with E-state index in [4.69, 9.17) is 5.11 Å². The highest BCUT2D eigenvalue weighted by atomic mass is 32.1. The van der Waals surface area contributed by atoms with Crippen molar-refractivity contribution in [2.75, 3.05) is 0 Å². The van der Waals surface area contributed by atoms with Gasteiger partial charge in [-0.05, 0) is 12.5 Å². The van der Waals surface area contributed by atoms with Gasteiger partial charge in [0, 0.05) is 11.4 Å². The molecule has 0 amide bonds. The Hall–Kier alpha value is -0.610. The highest BCUT2D eigenvalue weighted by Crippen LogP contribution is 2.04. The average molecular weight is 184 g/mol. The lowest BCUT2D eigenvalue weighted by molar-refractivity contribution is 0.270. The van der Waals surface area contributed by atoms with Crippen molar-refractivity contribution < 1.29 is 5.11 Å². The standard InChI is InChI=1S/C8H12N2OS/c1-2-6-3-7(5-12)10-8(4-11)9-6/h3,11-12H,2,4-5H2,1H3. The van der Waals surface area contributed by atoms with Crippen molar-refractivity contribution in [1.29, 1.82) is 0 Å². The molecule has 0 fully saturated rings. The van der Waals surface area contributed by atoms with Crippen LogP contribution in [0, 0.1) is 0 Å². The van der Waals surface area contributed by atoms with Crippen LogP contribution in [0.15, 0.2) is 6.07 Å². The molecule has 3 nitrogen and oxygen atoms in total. The van der Waals surface area contributed by atoms with Gasteiger partial charge in [0.1, 0.15) is 6.61 Å². The van der Waals surface area contributed by atoms with Gasteiger partial charge in [-0.1, -0.05) is 6.92 Å². The average Bonchev–Trinajstić information content (AvgIpc) is 2.16. The molecular weight excluding hydrogens is 172 g/mol. The smallest absolute Gasteiger partial charge is 0.154 e. The van der Waals surface area contributed by atoms with E-state index in [0.29, 0.717) is 11.6 Å². The quantitative estimate of drug-likeness (QED) is 0.688. The van der Waals surface area contributed by atoms with Crippen molar-refractivity contribution in [1.82, 2.24) is 9.97 Å². The zero-order valence-corrected chi connectivity index (χ0v) is 7.88. The zero-order valence-electron chi connectivity index (χ0n) is 6.99. The fraction of sp³-hybridized carbons (Fsp3) is 0.500. The molecule has 1 heterocycles. The first-order chi connectivity index (χ1) is 5.80. The number of hydrogen-bond donors (Lipinski definition) is 2. The first-order valence-corrected chi connectivity index (χ1v) is 4.50. The summed E-state index contributed by atoms with van der Waals surface area (Å²) < 4.78 is 0. The first-order valence-electron chi connectivity index (χ1n) is 3.87. The number of aliphatic hydroxyl groups excluding tert-OH is 1. The molecule has 0 aliphatic rings. The zero-order chi connectivity index (χ0) is 8.97. The molecule has 0 saturated heterocycles. The lowest BCUT2D eigenvalue weighted by atomic mass is 10.3. The second kappa shape index (κ2) is 4.42. The lowest BCUT2D eigenvalue weighted by Gasteiger charge is -2.02. The van der Waals surface area contributed by atoms with Crippen molar-refractivity contribution in [3.8, 4) is 0 Å². The van der Waals surface area contributed by atoms with E-state index >= 15 is 0 Å². The molecule has 0 bridgehead atoms. The molecule has 66 valence electrons. The molecule has 1 rings (SSSR count). The van der Waals surface area contributed by atoms with E-state index in [1.54, 1.807) is 0 Å². The van der Waals surface area contributed by atoms with Crippen molar-refractivity contribution in [2.45, 2.75) is 25.7 Å². The lowest BCUT2D eigenvalue weighted by Crippen LogP contribution is -2.01. The summed E-state index contributed by atoms with van der Waals surface area (Å²) in [5, 5.41) is 8.83. The van der Waals surface area contributed by atoms with Crippen LogP contribution in [0.3, 0.4) is 0 Å². The van der Waals surface area contributed by atoms with Gasteiger partial charge in [-0.2, -0.15) is 12.6 Å². The fourth-order valence-electron chi connectivity index (χ4n) is 0.946. The third-order valence-electron chi connectivity index (χ3n) is 1.54. The number of aromatic nitrogens is 2. The molecule has 4 heteroatoms. The fourth-order valence-corrected chi connectivity index (χ4v) is 1.11. The Morgan fingerprint density at radius 1 is 1.42 bits per heavy atom. The maximum Gasteiger partial charge on any atom is 0.154 e. The van der Waals surface area contributed by atoms with Gasteiger partial charge in [-0.3, -0.25) is 0 Å². The van der Waals surface area contributed by atoms with Crippen molar-refractivity contribution in [2.24, 2.45) is 0 Å². The van der Waals surface area contributed by atoms with E-state index < -0.39 is 0 Å². The molecule has 0 spiro atoms. The van der Waals surface area contributed by atoms with E-state index in [2.05, 4.69) is 22.6 Å². The molecule has 1 aromatic heterocycles. The van der Waals surface area contributed by atoms with Gasteiger partial charge in [-0.15, -0.1) is 0 Å².